The summed E-state index contributed by atoms with van der Waals surface area (Å²) >= 11 is 16.3. The Balaban J connectivity index is 1.62. The topological polar surface area (TPSA) is 71.4 Å². The first-order valence-electron chi connectivity index (χ1n) is 12.3. The summed E-state index contributed by atoms with van der Waals surface area (Å²) in [5.41, 5.74) is 6.55. The maximum atomic E-state index is 12.1. The first-order chi connectivity index (χ1) is 18.8. The van der Waals surface area contributed by atoms with E-state index < -0.39 is 0 Å². The van der Waals surface area contributed by atoms with E-state index >= 15 is 0 Å². The average Bonchev–Trinajstić information content (AvgIpc) is 3.41. The van der Waals surface area contributed by atoms with Crippen molar-refractivity contribution in [3.63, 3.8) is 0 Å². The van der Waals surface area contributed by atoms with Crippen molar-refractivity contribution >= 4 is 62.1 Å². The van der Waals surface area contributed by atoms with E-state index in [1.165, 1.54) is 7.11 Å². The van der Waals surface area contributed by atoms with Crippen LogP contribution >= 0.6 is 39.7 Å². The Kier molecular flexibility index (Phi) is 8.04. The zero-order chi connectivity index (χ0) is 27.7. The van der Waals surface area contributed by atoms with E-state index in [1.54, 1.807) is 12.3 Å². The molecule has 7 nitrogen and oxygen atoms in total. The van der Waals surface area contributed by atoms with Crippen LogP contribution in [0.15, 0.2) is 77.4 Å². The lowest BCUT2D eigenvalue weighted by Crippen LogP contribution is -2.29. The molecule has 0 saturated carbocycles. The highest BCUT2D eigenvalue weighted by molar-refractivity contribution is 9.10. The number of hydrogen-bond donors (Lipinski definition) is 2. The van der Waals surface area contributed by atoms with E-state index in [4.69, 9.17) is 28.6 Å². The number of amides is 1. The molecule has 0 spiro atoms. The molecule has 1 amide bonds. The number of thiocarbonyl (C=S) groups is 1. The van der Waals surface area contributed by atoms with Crippen molar-refractivity contribution in [1.82, 2.24) is 14.9 Å². The number of ether oxygens (including phenoxy) is 1. The number of carbonyl (C=O) groups excluding carboxylic acids is 1. The molecule has 2 atom stereocenters. The third kappa shape index (κ3) is 5.32. The molecule has 2 aromatic heterocycles. The number of aryl methyl sites for hydroxylation is 1. The van der Waals surface area contributed by atoms with Gasteiger partial charge in [0, 0.05) is 34.9 Å². The van der Waals surface area contributed by atoms with Gasteiger partial charge in [0.15, 0.2) is 5.11 Å². The summed E-state index contributed by atoms with van der Waals surface area (Å²) in [6.45, 7) is 4.17. The Labute approximate surface area is 246 Å². The number of aromatic nitrogens is 2. The average molecular weight is 625 g/mol. The fourth-order valence-electron chi connectivity index (χ4n) is 5.11. The highest BCUT2D eigenvalue weighted by atomic mass is 79.9. The molecule has 1 fully saturated rings. The van der Waals surface area contributed by atoms with Crippen LogP contribution in [0.3, 0.4) is 0 Å². The predicted molar refractivity (Wildman–Crippen MR) is 163 cm³/mol. The predicted octanol–water partition coefficient (Wildman–Crippen LogP) is 6.67. The summed E-state index contributed by atoms with van der Waals surface area (Å²) in [5, 5.41) is 7.25. The lowest BCUT2D eigenvalue weighted by molar-refractivity contribution is -0.119. The minimum absolute atomic E-state index is 0.0564. The third-order valence-electron chi connectivity index (χ3n) is 6.76. The van der Waals surface area contributed by atoms with Gasteiger partial charge in [-0.15, -0.1) is 0 Å². The van der Waals surface area contributed by atoms with E-state index in [-0.39, 0.29) is 24.6 Å². The number of anilines is 2. The third-order valence-corrected chi connectivity index (χ3v) is 8.06. The number of nitrogens with zero attached hydrogens (tertiary/aromatic N) is 3. The Hall–Kier alpha value is -3.24. The maximum absolute atomic E-state index is 12.1. The first kappa shape index (κ1) is 27.3. The minimum atomic E-state index is -0.280. The van der Waals surface area contributed by atoms with Crippen LogP contribution < -0.4 is 15.5 Å². The smallest absolute Gasteiger partial charge is 0.250 e. The van der Waals surface area contributed by atoms with Crippen molar-refractivity contribution in [3.8, 4) is 5.69 Å². The van der Waals surface area contributed by atoms with Crippen molar-refractivity contribution in [2.45, 2.75) is 25.9 Å². The van der Waals surface area contributed by atoms with Crippen LogP contribution in [0.2, 0.25) is 5.02 Å². The molecule has 2 aromatic carbocycles. The van der Waals surface area contributed by atoms with Crippen molar-refractivity contribution in [3.05, 3.63) is 105 Å². The van der Waals surface area contributed by atoms with Crippen molar-refractivity contribution in [2.75, 3.05) is 23.9 Å². The van der Waals surface area contributed by atoms with Gasteiger partial charge in [-0.25, -0.2) is 0 Å². The molecule has 3 heterocycles. The van der Waals surface area contributed by atoms with Gasteiger partial charge < -0.3 is 24.8 Å². The second-order valence-electron chi connectivity index (χ2n) is 9.26. The molecule has 2 unspecified atom stereocenters. The van der Waals surface area contributed by atoms with Gasteiger partial charge in [-0.2, -0.15) is 0 Å². The number of benzene rings is 2. The van der Waals surface area contributed by atoms with E-state index in [9.17, 15) is 4.79 Å². The van der Waals surface area contributed by atoms with Crippen LogP contribution in [0.25, 0.3) is 5.69 Å². The summed E-state index contributed by atoms with van der Waals surface area (Å²) < 4.78 is 8.17. The Morgan fingerprint density at radius 1 is 1.15 bits per heavy atom. The molecule has 200 valence electrons. The van der Waals surface area contributed by atoms with E-state index in [0.717, 1.165) is 38.5 Å². The molecule has 10 heteroatoms. The number of methoxy groups -OCH3 is 1. The fourth-order valence-corrected chi connectivity index (χ4v) is 6.14. The number of halogens is 2. The summed E-state index contributed by atoms with van der Waals surface area (Å²) in [5.74, 6) is -0.280. The largest absolute Gasteiger partial charge is 0.375 e. The second-order valence-corrected chi connectivity index (χ2v) is 10.9. The summed E-state index contributed by atoms with van der Waals surface area (Å²) in [7, 11) is 1.47. The molecule has 1 aliphatic rings. The molecule has 0 radical (unpaired) electrons. The van der Waals surface area contributed by atoms with Gasteiger partial charge in [0.05, 0.1) is 34.2 Å². The van der Waals surface area contributed by atoms with Gasteiger partial charge in [0.2, 0.25) is 5.91 Å². The number of para-hydroxylation sites is 1. The van der Waals surface area contributed by atoms with Crippen LogP contribution in [-0.4, -0.2) is 34.3 Å². The molecule has 4 aromatic rings. The lowest BCUT2D eigenvalue weighted by atomic mass is 9.96. The summed E-state index contributed by atoms with van der Waals surface area (Å²) in [6.07, 6.45) is 1.79. The Bertz CT molecular complexity index is 1540. The Morgan fingerprint density at radius 2 is 1.92 bits per heavy atom. The van der Waals surface area contributed by atoms with Crippen LogP contribution in [-0.2, 0) is 9.53 Å². The standard InChI is InChI=1S/C29H27BrClN5O2S/c1-17-14-20(18(2)35(17)25-10-5-4-8-21(25)30)28-27(24-9-6-7-13-32-24)34-29(39)36(28)19-11-12-23(22(31)15-19)33-26(37)16-38-3/h4-15,27-28H,16H2,1-3H3,(H,33,37)(H,34,39). The van der Waals surface area contributed by atoms with Gasteiger partial charge >= 0.3 is 0 Å². The SMILES string of the molecule is COCC(=O)Nc1ccc(N2C(=S)NC(c3ccccn3)C2c2cc(C)n(-c3ccccc3Br)c2C)cc1Cl. The summed E-state index contributed by atoms with van der Waals surface area (Å²) in [6, 6.07) is 21.4. The van der Waals surface area contributed by atoms with E-state index in [1.807, 2.05) is 48.5 Å². The number of pyridine rings is 1. The molecular formula is C29H27BrClN5O2S. The molecule has 0 aliphatic carbocycles. The number of carbonyl (C=O) groups is 1. The molecule has 39 heavy (non-hydrogen) atoms. The number of nitrogens with one attached hydrogen (secondary N) is 2. The van der Waals surface area contributed by atoms with Crippen LogP contribution in [0.4, 0.5) is 11.4 Å². The highest BCUT2D eigenvalue weighted by Gasteiger charge is 2.42. The molecule has 2 N–H and O–H groups in total. The van der Waals surface area contributed by atoms with Gasteiger partial charge in [-0.3, -0.25) is 9.78 Å². The van der Waals surface area contributed by atoms with Crippen LogP contribution in [0.1, 0.15) is 34.7 Å². The van der Waals surface area contributed by atoms with Crippen LogP contribution in [0.5, 0.6) is 0 Å². The zero-order valence-corrected chi connectivity index (χ0v) is 24.8. The lowest BCUT2D eigenvalue weighted by Gasteiger charge is -2.28. The quantitative estimate of drug-likeness (QED) is 0.224. The first-order valence-corrected chi connectivity index (χ1v) is 13.9. The van der Waals surface area contributed by atoms with Crippen molar-refractivity contribution < 1.29 is 9.53 Å². The second kappa shape index (κ2) is 11.5. The van der Waals surface area contributed by atoms with Gasteiger partial charge in [-0.1, -0.05) is 29.8 Å². The van der Waals surface area contributed by atoms with E-state index in [2.05, 4.69) is 67.0 Å². The van der Waals surface area contributed by atoms with Crippen LogP contribution in [0, 0.1) is 13.8 Å². The van der Waals surface area contributed by atoms with E-state index in [0.29, 0.717) is 15.8 Å². The number of rotatable bonds is 7. The molecule has 1 aliphatic heterocycles. The maximum Gasteiger partial charge on any atom is 0.250 e. The summed E-state index contributed by atoms with van der Waals surface area (Å²) in [4.78, 5) is 18.8. The molecular weight excluding hydrogens is 598 g/mol. The normalized spacial score (nSPS) is 16.8. The van der Waals surface area contributed by atoms with Gasteiger partial charge in [0.1, 0.15) is 6.61 Å². The zero-order valence-electron chi connectivity index (χ0n) is 21.6. The monoisotopic (exact) mass is 623 g/mol. The Morgan fingerprint density at radius 3 is 2.62 bits per heavy atom. The van der Waals surface area contributed by atoms with Gasteiger partial charge in [-0.05, 0) is 96.1 Å². The molecule has 1 saturated heterocycles. The molecule has 5 rings (SSSR count). The van der Waals surface area contributed by atoms with Crippen molar-refractivity contribution in [1.29, 1.82) is 0 Å². The minimum Gasteiger partial charge on any atom is -0.375 e. The number of hydrogen-bond acceptors (Lipinski definition) is 4. The van der Waals surface area contributed by atoms with Gasteiger partial charge in [0.25, 0.3) is 0 Å². The van der Waals surface area contributed by atoms with Crippen molar-refractivity contribution in [2.24, 2.45) is 0 Å². The molecule has 0 bridgehead atoms. The fraction of sp³-hybridized carbons (Fsp3) is 0.207. The highest BCUT2D eigenvalue weighted by Crippen LogP contribution is 2.45.